The number of piperidine rings is 1. The van der Waals surface area contributed by atoms with Crippen LogP contribution in [0.3, 0.4) is 0 Å². The summed E-state index contributed by atoms with van der Waals surface area (Å²) in [5.41, 5.74) is 3.79. The molecular weight excluding hydrogens is 484 g/mol. The van der Waals surface area contributed by atoms with Gasteiger partial charge >= 0.3 is 0 Å². The zero-order chi connectivity index (χ0) is 21.8. The molecule has 8 nitrogen and oxygen atoms in total. The SMILES string of the molecule is Br.COc1cc(-c2cnn(C3CCCCO3)c2)ccc1-c1cnc(NC2CCNCC2)cn1. The highest BCUT2D eigenvalue weighted by molar-refractivity contribution is 8.93. The first-order chi connectivity index (χ1) is 15.8. The Morgan fingerprint density at radius 2 is 1.94 bits per heavy atom. The molecule has 33 heavy (non-hydrogen) atoms. The molecule has 0 spiro atoms. The molecule has 0 amide bonds. The first-order valence-electron chi connectivity index (χ1n) is 11.4. The predicted octanol–water partition coefficient (Wildman–Crippen LogP) is 4.46. The van der Waals surface area contributed by atoms with Crippen molar-refractivity contribution in [1.29, 1.82) is 0 Å². The van der Waals surface area contributed by atoms with Gasteiger partial charge in [0.1, 0.15) is 17.8 Å². The Morgan fingerprint density at radius 3 is 2.67 bits per heavy atom. The maximum atomic E-state index is 5.84. The van der Waals surface area contributed by atoms with Crippen LogP contribution in [0.5, 0.6) is 5.75 Å². The fourth-order valence-electron chi connectivity index (χ4n) is 4.38. The second kappa shape index (κ2) is 11.1. The average molecular weight is 515 g/mol. The third-order valence-corrected chi connectivity index (χ3v) is 6.21. The number of hydrogen-bond acceptors (Lipinski definition) is 7. The molecule has 2 saturated heterocycles. The van der Waals surface area contributed by atoms with Gasteiger partial charge in [0.2, 0.25) is 0 Å². The summed E-state index contributed by atoms with van der Waals surface area (Å²) < 4.78 is 13.5. The summed E-state index contributed by atoms with van der Waals surface area (Å²) in [7, 11) is 1.68. The van der Waals surface area contributed by atoms with Crippen LogP contribution in [0.4, 0.5) is 5.82 Å². The predicted molar refractivity (Wildman–Crippen MR) is 134 cm³/mol. The Kier molecular flexibility index (Phi) is 7.95. The van der Waals surface area contributed by atoms with Gasteiger partial charge < -0.3 is 20.1 Å². The number of anilines is 1. The molecule has 2 aliphatic rings. The summed E-state index contributed by atoms with van der Waals surface area (Å²) in [6, 6.07) is 6.59. The Morgan fingerprint density at radius 1 is 1.06 bits per heavy atom. The van der Waals surface area contributed by atoms with Crippen LogP contribution in [0.15, 0.2) is 43.0 Å². The van der Waals surface area contributed by atoms with Gasteiger partial charge in [0.15, 0.2) is 0 Å². The lowest BCUT2D eigenvalue weighted by Crippen LogP contribution is -2.35. The van der Waals surface area contributed by atoms with Crippen molar-refractivity contribution in [3.05, 3.63) is 43.0 Å². The molecule has 0 radical (unpaired) electrons. The third-order valence-electron chi connectivity index (χ3n) is 6.21. The van der Waals surface area contributed by atoms with Gasteiger partial charge in [-0.05, 0) is 62.9 Å². The maximum Gasteiger partial charge on any atom is 0.150 e. The number of nitrogens with zero attached hydrogens (tertiary/aromatic N) is 4. The van der Waals surface area contributed by atoms with Crippen molar-refractivity contribution in [2.75, 3.05) is 32.1 Å². The Balaban J connectivity index is 0.00000259. The molecule has 2 N–H and O–H groups in total. The highest BCUT2D eigenvalue weighted by atomic mass is 79.9. The minimum atomic E-state index is 0. The molecular formula is C24H31BrN6O2. The van der Waals surface area contributed by atoms with Crippen molar-refractivity contribution in [2.45, 2.75) is 44.4 Å². The van der Waals surface area contributed by atoms with Crippen LogP contribution in [0.2, 0.25) is 0 Å². The first kappa shape index (κ1) is 23.7. The fourth-order valence-corrected chi connectivity index (χ4v) is 4.38. The van der Waals surface area contributed by atoms with Gasteiger partial charge in [0.05, 0.1) is 31.4 Å². The molecule has 4 heterocycles. The van der Waals surface area contributed by atoms with E-state index in [1.54, 1.807) is 19.5 Å². The maximum absolute atomic E-state index is 5.84. The largest absolute Gasteiger partial charge is 0.496 e. The van der Waals surface area contributed by atoms with Gasteiger partial charge in [-0.15, -0.1) is 17.0 Å². The minimum Gasteiger partial charge on any atom is -0.496 e. The summed E-state index contributed by atoms with van der Waals surface area (Å²) in [6.07, 6.45) is 13.1. The van der Waals surface area contributed by atoms with Gasteiger partial charge in [0.25, 0.3) is 0 Å². The van der Waals surface area contributed by atoms with Gasteiger partial charge in [-0.2, -0.15) is 5.10 Å². The molecule has 2 aliphatic heterocycles. The molecule has 9 heteroatoms. The van der Waals surface area contributed by atoms with Crippen LogP contribution in [-0.2, 0) is 4.74 Å². The van der Waals surface area contributed by atoms with E-state index in [-0.39, 0.29) is 23.2 Å². The first-order valence-corrected chi connectivity index (χ1v) is 11.4. The topological polar surface area (TPSA) is 86.1 Å². The van der Waals surface area contributed by atoms with Crippen LogP contribution in [-0.4, -0.2) is 52.6 Å². The second-order valence-electron chi connectivity index (χ2n) is 8.40. The molecule has 3 aromatic rings. The van der Waals surface area contributed by atoms with E-state index in [4.69, 9.17) is 9.47 Å². The minimum absolute atomic E-state index is 0. The van der Waals surface area contributed by atoms with Crippen molar-refractivity contribution >= 4 is 22.8 Å². The fraction of sp³-hybridized carbons (Fsp3) is 0.458. The van der Waals surface area contributed by atoms with Gasteiger partial charge in [0, 0.05) is 30.0 Å². The van der Waals surface area contributed by atoms with Crippen LogP contribution in [0.25, 0.3) is 22.4 Å². The quantitative estimate of drug-likeness (QED) is 0.502. The van der Waals surface area contributed by atoms with E-state index in [2.05, 4.69) is 31.8 Å². The Labute approximate surface area is 204 Å². The second-order valence-corrected chi connectivity index (χ2v) is 8.40. The number of benzene rings is 1. The lowest BCUT2D eigenvalue weighted by Gasteiger charge is -2.24. The van der Waals surface area contributed by atoms with Crippen LogP contribution < -0.4 is 15.4 Å². The summed E-state index contributed by atoms with van der Waals surface area (Å²) in [6.45, 7) is 2.88. The van der Waals surface area contributed by atoms with E-state index in [9.17, 15) is 0 Å². The van der Waals surface area contributed by atoms with Crippen molar-refractivity contribution in [2.24, 2.45) is 0 Å². The zero-order valence-corrected chi connectivity index (χ0v) is 20.6. The summed E-state index contributed by atoms with van der Waals surface area (Å²) in [5, 5.41) is 11.4. The normalized spacial score (nSPS) is 19.0. The molecule has 2 fully saturated rings. The number of methoxy groups -OCH3 is 1. The van der Waals surface area contributed by atoms with E-state index in [1.807, 2.05) is 29.2 Å². The molecule has 176 valence electrons. The Bertz CT molecular complexity index is 1030. The summed E-state index contributed by atoms with van der Waals surface area (Å²) >= 11 is 0. The zero-order valence-electron chi connectivity index (χ0n) is 18.9. The van der Waals surface area contributed by atoms with E-state index < -0.39 is 0 Å². The molecule has 1 unspecified atom stereocenters. The van der Waals surface area contributed by atoms with Crippen LogP contribution >= 0.6 is 17.0 Å². The van der Waals surface area contributed by atoms with Crippen LogP contribution in [0, 0.1) is 0 Å². The van der Waals surface area contributed by atoms with Gasteiger partial charge in [-0.1, -0.05) is 6.07 Å². The standard InChI is InChI=1S/C24H30N6O2.BrH/c1-31-22-12-17(18-13-28-30(16-18)24-4-2-3-11-32-24)5-6-20(22)21-14-27-23(15-26-21)29-19-7-9-25-10-8-19;/h5-6,12-16,19,24-25H,2-4,7-11H2,1H3,(H,27,29);1H. The molecule has 2 aromatic heterocycles. The number of ether oxygens (including phenoxy) is 2. The number of aromatic nitrogens is 4. The van der Waals surface area contributed by atoms with Gasteiger partial charge in [-0.25, -0.2) is 9.67 Å². The van der Waals surface area contributed by atoms with E-state index in [0.29, 0.717) is 6.04 Å². The number of halogens is 1. The molecule has 0 bridgehead atoms. The van der Waals surface area contributed by atoms with E-state index in [0.717, 1.165) is 79.3 Å². The lowest BCUT2D eigenvalue weighted by atomic mass is 10.0. The molecule has 0 aliphatic carbocycles. The smallest absolute Gasteiger partial charge is 0.150 e. The Hall–Kier alpha value is -2.49. The summed E-state index contributed by atoms with van der Waals surface area (Å²) in [4.78, 5) is 9.22. The average Bonchev–Trinajstić information content (AvgIpc) is 3.36. The monoisotopic (exact) mass is 514 g/mol. The third kappa shape index (κ3) is 5.54. The van der Waals surface area contributed by atoms with E-state index in [1.165, 1.54) is 6.42 Å². The summed E-state index contributed by atoms with van der Waals surface area (Å²) in [5.74, 6) is 1.58. The highest BCUT2D eigenvalue weighted by Crippen LogP contribution is 2.34. The molecule has 1 aromatic carbocycles. The van der Waals surface area contributed by atoms with Crippen LogP contribution in [0.1, 0.15) is 38.3 Å². The number of hydrogen-bond donors (Lipinski definition) is 2. The van der Waals surface area contributed by atoms with Crippen molar-refractivity contribution in [3.8, 4) is 28.1 Å². The van der Waals surface area contributed by atoms with Gasteiger partial charge in [-0.3, -0.25) is 4.98 Å². The van der Waals surface area contributed by atoms with E-state index >= 15 is 0 Å². The molecule has 1 atom stereocenters. The highest BCUT2D eigenvalue weighted by Gasteiger charge is 2.18. The molecule has 5 rings (SSSR count). The lowest BCUT2D eigenvalue weighted by molar-refractivity contribution is -0.0394. The number of nitrogens with one attached hydrogen (secondary N) is 2. The van der Waals surface area contributed by atoms with Crippen molar-refractivity contribution in [3.63, 3.8) is 0 Å². The molecule has 0 saturated carbocycles. The number of rotatable bonds is 6. The van der Waals surface area contributed by atoms with Crippen molar-refractivity contribution < 1.29 is 9.47 Å². The van der Waals surface area contributed by atoms with Crippen molar-refractivity contribution in [1.82, 2.24) is 25.1 Å².